The van der Waals surface area contributed by atoms with Crippen LogP contribution in [0.2, 0.25) is 0 Å². The molecule has 1 aromatic carbocycles. The van der Waals surface area contributed by atoms with Crippen molar-refractivity contribution in [3.05, 3.63) is 32.7 Å². The summed E-state index contributed by atoms with van der Waals surface area (Å²) < 4.78 is 1.69. The molecule has 1 aromatic rings. The zero-order chi connectivity index (χ0) is 13.1. The van der Waals surface area contributed by atoms with Gasteiger partial charge in [0.05, 0.1) is 10.9 Å². The third kappa shape index (κ3) is 3.49. The van der Waals surface area contributed by atoms with Crippen LogP contribution in [0.15, 0.2) is 27.1 Å². The third-order valence-corrected chi connectivity index (χ3v) is 4.88. The van der Waals surface area contributed by atoms with E-state index < -0.39 is 0 Å². The molecular formula is C13H14Br2ClNO. The number of halogens is 3. The number of alkyl halides is 1. The van der Waals surface area contributed by atoms with E-state index in [-0.39, 0.29) is 17.3 Å². The van der Waals surface area contributed by atoms with E-state index in [1.54, 1.807) is 0 Å². The van der Waals surface area contributed by atoms with Gasteiger partial charge < -0.3 is 5.32 Å². The molecule has 1 amide bonds. The summed E-state index contributed by atoms with van der Waals surface area (Å²) in [6, 6.07) is 5.65. The van der Waals surface area contributed by atoms with Gasteiger partial charge in [-0.3, -0.25) is 4.79 Å². The zero-order valence-electron chi connectivity index (χ0n) is 9.76. The molecule has 0 spiro atoms. The van der Waals surface area contributed by atoms with E-state index in [0.29, 0.717) is 5.56 Å². The standard InChI is InChI=1S/C13H14Br2ClNO/c14-8-5-6-10(15)9(7-8)13(18)17-12-4-2-1-3-11(12)16/h5-7,11-12H,1-4H2,(H,17,18). The maximum Gasteiger partial charge on any atom is 0.252 e. The highest BCUT2D eigenvalue weighted by Crippen LogP contribution is 2.25. The fraction of sp³-hybridized carbons (Fsp3) is 0.462. The Labute approximate surface area is 129 Å². The minimum atomic E-state index is -0.0688. The quantitative estimate of drug-likeness (QED) is 0.735. The van der Waals surface area contributed by atoms with Crippen LogP contribution in [0.1, 0.15) is 36.0 Å². The van der Waals surface area contributed by atoms with Gasteiger partial charge in [0.15, 0.2) is 0 Å². The predicted molar refractivity (Wildman–Crippen MR) is 81.2 cm³/mol. The highest BCUT2D eigenvalue weighted by molar-refractivity contribution is 9.11. The van der Waals surface area contributed by atoms with E-state index in [9.17, 15) is 4.79 Å². The molecule has 1 fully saturated rings. The minimum Gasteiger partial charge on any atom is -0.348 e. The average Bonchev–Trinajstić information content (AvgIpc) is 2.35. The van der Waals surface area contributed by atoms with Crippen LogP contribution in [0.4, 0.5) is 0 Å². The van der Waals surface area contributed by atoms with Crippen LogP contribution in [0.25, 0.3) is 0 Å². The van der Waals surface area contributed by atoms with E-state index in [2.05, 4.69) is 37.2 Å². The van der Waals surface area contributed by atoms with Crippen LogP contribution < -0.4 is 5.32 Å². The van der Waals surface area contributed by atoms with E-state index in [4.69, 9.17) is 11.6 Å². The van der Waals surface area contributed by atoms with Gasteiger partial charge in [0.25, 0.3) is 5.91 Å². The molecule has 1 aliphatic carbocycles. The second-order valence-corrected chi connectivity index (χ2v) is 6.84. The lowest BCUT2D eigenvalue weighted by molar-refractivity contribution is 0.0928. The van der Waals surface area contributed by atoms with Gasteiger partial charge in [-0.2, -0.15) is 0 Å². The van der Waals surface area contributed by atoms with Crippen LogP contribution in [0.3, 0.4) is 0 Å². The molecule has 0 radical (unpaired) electrons. The molecule has 0 heterocycles. The minimum absolute atomic E-state index is 0.0497. The predicted octanol–water partition coefficient (Wildman–Crippen LogP) is 4.49. The first-order valence-corrected chi connectivity index (χ1v) is 8.00. The van der Waals surface area contributed by atoms with Gasteiger partial charge in [0.2, 0.25) is 0 Å². The lowest BCUT2D eigenvalue weighted by Crippen LogP contribution is -2.42. The van der Waals surface area contributed by atoms with Gasteiger partial charge in [0, 0.05) is 15.0 Å². The Hall–Kier alpha value is -0.0600. The van der Waals surface area contributed by atoms with E-state index in [1.165, 1.54) is 0 Å². The number of rotatable bonds is 2. The van der Waals surface area contributed by atoms with Crippen molar-refractivity contribution >= 4 is 49.4 Å². The average molecular weight is 396 g/mol. The molecule has 1 aliphatic rings. The first-order chi connectivity index (χ1) is 8.58. The van der Waals surface area contributed by atoms with Crippen molar-refractivity contribution in [2.75, 3.05) is 0 Å². The van der Waals surface area contributed by atoms with E-state index in [1.807, 2.05) is 18.2 Å². The summed E-state index contributed by atoms with van der Waals surface area (Å²) in [5.41, 5.74) is 0.638. The molecule has 98 valence electrons. The summed E-state index contributed by atoms with van der Waals surface area (Å²) in [4.78, 5) is 12.2. The summed E-state index contributed by atoms with van der Waals surface area (Å²) in [5.74, 6) is -0.0688. The van der Waals surface area contributed by atoms with Crippen molar-refractivity contribution < 1.29 is 4.79 Å². The first-order valence-electron chi connectivity index (χ1n) is 5.98. The molecule has 0 aromatic heterocycles. The molecule has 0 saturated heterocycles. The van der Waals surface area contributed by atoms with Gasteiger partial charge >= 0.3 is 0 Å². The number of carbonyl (C=O) groups excluding carboxylic acids is 1. The van der Waals surface area contributed by atoms with Crippen molar-refractivity contribution in [1.29, 1.82) is 0 Å². The summed E-state index contributed by atoms with van der Waals surface area (Å²) in [7, 11) is 0. The molecule has 18 heavy (non-hydrogen) atoms. The number of benzene rings is 1. The fourth-order valence-electron chi connectivity index (χ4n) is 2.17. The van der Waals surface area contributed by atoms with E-state index in [0.717, 1.165) is 34.6 Å². The number of hydrogen-bond donors (Lipinski definition) is 1. The van der Waals surface area contributed by atoms with Crippen molar-refractivity contribution in [2.45, 2.75) is 37.1 Å². The van der Waals surface area contributed by atoms with Gasteiger partial charge in [-0.25, -0.2) is 0 Å². The van der Waals surface area contributed by atoms with E-state index >= 15 is 0 Å². The smallest absolute Gasteiger partial charge is 0.252 e. The largest absolute Gasteiger partial charge is 0.348 e. The molecule has 2 nitrogen and oxygen atoms in total. The Morgan fingerprint density at radius 3 is 2.72 bits per heavy atom. The maximum atomic E-state index is 12.2. The highest BCUT2D eigenvalue weighted by atomic mass is 79.9. The van der Waals surface area contributed by atoms with Crippen LogP contribution in [-0.4, -0.2) is 17.3 Å². The van der Waals surface area contributed by atoms with Gasteiger partial charge in [-0.1, -0.05) is 28.8 Å². The molecule has 2 rings (SSSR count). The number of carbonyl (C=O) groups is 1. The molecule has 0 aliphatic heterocycles. The summed E-state index contributed by atoms with van der Waals surface area (Å²) in [6.07, 6.45) is 4.23. The maximum absolute atomic E-state index is 12.2. The Kier molecular flexibility index (Phi) is 5.10. The normalized spacial score (nSPS) is 23.7. The molecule has 2 unspecified atom stereocenters. The van der Waals surface area contributed by atoms with Crippen LogP contribution in [0.5, 0.6) is 0 Å². The molecule has 0 bridgehead atoms. The van der Waals surface area contributed by atoms with Crippen LogP contribution in [-0.2, 0) is 0 Å². The highest BCUT2D eigenvalue weighted by Gasteiger charge is 2.25. The zero-order valence-corrected chi connectivity index (χ0v) is 13.7. The Balaban J connectivity index is 2.09. The molecular weight excluding hydrogens is 381 g/mol. The van der Waals surface area contributed by atoms with Crippen molar-refractivity contribution in [3.8, 4) is 0 Å². The SMILES string of the molecule is O=C(NC1CCCCC1Cl)c1cc(Br)ccc1Br. The second kappa shape index (κ2) is 6.40. The lowest BCUT2D eigenvalue weighted by Gasteiger charge is -2.28. The van der Waals surface area contributed by atoms with Gasteiger partial charge in [0.1, 0.15) is 0 Å². The van der Waals surface area contributed by atoms with Crippen molar-refractivity contribution in [3.63, 3.8) is 0 Å². The first kappa shape index (κ1) is 14.4. The number of amides is 1. The monoisotopic (exact) mass is 393 g/mol. The Morgan fingerprint density at radius 2 is 2.00 bits per heavy atom. The van der Waals surface area contributed by atoms with Crippen LogP contribution >= 0.6 is 43.5 Å². The summed E-state index contributed by atoms with van der Waals surface area (Å²) >= 11 is 13.0. The summed E-state index contributed by atoms with van der Waals surface area (Å²) in [5, 5.41) is 3.08. The Morgan fingerprint density at radius 1 is 1.28 bits per heavy atom. The fourth-order valence-corrected chi connectivity index (χ4v) is 3.30. The summed E-state index contributed by atoms with van der Waals surface area (Å²) in [6.45, 7) is 0. The van der Waals surface area contributed by atoms with Crippen molar-refractivity contribution in [2.24, 2.45) is 0 Å². The van der Waals surface area contributed by atoms with Crippen molar-refractivity contribution in [1.82, 2.24) is 5.32 Å². The van der Waals surface area contributed by atoms with Gasteiger partial charge in [-0.15, -0.1) is 11.6 Å². The number of nitrogens with one attached hydrogen (secondary N) is 1. The topological polar surface area (TPSA) is 29.1 Å². The number of hydrogen-bond acceptors (Lipinski definition) is 1. The lowest BCUT2D eigenvalue weighted by atomic mass is 9.94. The van der Waals surface area contributed by atoms with Gasteiger partial charge in [-0.05, 0) is 47.0 Å². The third-order valence-electron chi connectivity index (χ3n) is 3.17. The molecule has 5 heteroatoms. The molecule has 1 N–H and O–H groups in total. The Bertz CT molecular complexity index is 453. The molecule has 1 saturated carbocycles. The second-order valence-electron chi connectivity index (χ2n) is 4.50. The van der Waals surface area contributed by atoms with Crippen LogP contribution in [0, 0.1) is 0 Å². The molecule has 2 atom stereocenters.